The quantitative estimate of drug-likeness (QED) is 0.404. The van der Waals surface area contributed by atoms with Gasteiger partial charge in [0.1, 0.15) is 0 Å². The molecule has 3 rings (SSSR count). The molecule has 2 heterocycles. The summed E-state index contributed by atoms with van der Waals surface area (Å²) in [5, 5.41) is 3.54. The molecular formula is C19H30IN3O3. The molecule has 1 N–H and O–H groups in total. The number of rotatable bonds is 5. The van der Waals surface area contributed by atoms with E-state index >= 15 is 0 Å². The summed E-state index contributed by atoms with van der Waals surface area (Å²) in [7, 11) is 3.61. The third-order valence-corrected chi connectivity index (χ3v) is 5.04. The fourth-order valence-electron chi connectivity index (χ4n) is 3.45. The van der Waals surface area contributed by atoms with Crippen LogP contribution in [0.1, 0.15) is 25.8 Å². The van der Waals surface area contributed by atoms with E-state index in [9.17, 15) is 0 Å². The molecule has 0 saturated carbocycles. The molecule has 0 radical (unpaired) electrons. The molecule has 0 aromatic heterocycles. The summed E-state index contributed by atoms with van der Waals surface area (Å²) in [6.07, 6.45) is 1.15. The van der Waals surface area contributed by atoms with Gasteiger partial charge in [-0.05, 0) is 24.1 Å². The van der Waals surface area contributed by atoms with Crippen molar-refractivity contribution < 1.29 is 14.2 Å². The Hall–Kier alpha value is -1.22. The number of nitrogens with zero attached hydrogens (tertiary/aromatic N) is 2. The molecule has 1 atom stereocenters. The van der Waals surface area contributed by atoms with E-state index < -0.39 is 0 Å². The number of hydrogen-bond acceptors (Lipinski definition) is 4. The highest BCUT2D eigenvalue weighted by atomic mass is 127. The van der Waals surface area contributed by atoms with Crippen LogP contribution in [0, 0.1) is 5.92 Å². The first-order valence-corrected chi connectivity index (χ1v) is 8.88. The zero-order chi connectivity index (χ0) is 17.9. The van der Waals surface area contributed by atoms with Gasteiger partial charge < -0.3 is 24.4 Å². The lowest BCUT2D eigenvalue weighted by atomic mass is 9.84. The van der Waals surface area contributed by atoms with Gasteiger partial charge in [0.25, 0.3) is 0 Å². The Morgan fingerprint density at radius 2 is 2.12 bits per heavy atom. The molecule has 0 amide bonds. The molecule has 1 aromatic carbocycles. The van der Waals surface area contributed by atoms with E-state index in [-0.39, 0.29) is 29.4 Å². The van der Waals surface area contributed by atoms with Crippen LogP contribution in [0.25, 0.3) is 0 Å². The van der Waals surface area contributed by atoms with Gasteiger partial charge in [0.15, 0.2) is 17.5 Å². The molecular weight excluding hydrogens is 445 g/mol. The number of likely N-dealkylation sites (tertiary alicyclic amines) is 1. The van der Waals surface area contributed by atoms with Gasteiger partial charge in [0.2, 0.25) is 6.79 Å². The van der Waals surface area contributed by atoms with Gasteiger partial charge >= 0.3 is 0 Å². The number of aliphatic imine (C=N–C) groups is 1. The third kappa shape index (κ3) is 4.73. The van der Waals surface area contributed by atoms with Crippen molar-refractivity contribution in [3.63, 3.8) is 0 Å². The topological polar surface area (TPSA) is 55.3 Å². The monoisotopic (exact) mass is 475 g/mol. The molecule has 146 valence electrons. The molecule has 2 aliphatic rings. The Morgan fingerprint density at radius 1 is 1.35 bits per heavy atom. The normalized spacial score (nSPS) is 19.5. The van der Waals surface area contributed by atoms with Crippen molar-refractivity contribution in [3.05, 3.63) is 23.8 Å². The predicted molar refractivity (Wildman–Crippen MR) is 114 cm³/mol. The molecule has 7 heteroatoms. The van der Waals surface area contributed by atoms with E-state index in [1.807, 2.05) is 13.1 Å². The standard InChI is InChI=1S/C19H29N3O3.HI/c1-19(2,15-5-6-16-17(9-15)25-13-24-16)12-21-18(20-3)22-8-7-14(10-22)11-23-4;/h5-6,9,14H,7-8,10-13H2,1-4H3,(H,20,21);1H. The van der Waals surface area contributed by atoms with Crippen molar-refractivity contribution in [1.82, 2.24) is 10.2 Å². The Kier molecular flexibility index (Phi) is 7.40. The van der Waals surface area contributed by atoms with Crippen LogP contribution in [0.15, 0.2) is 23.2 Å². The largest absolute Gasteiger partial charge is 0.454 e. The number of halogens is 1. The highest BCUT2D eigenvalue weighted by Crippen LogP contribution is 2.36. The van der Waals surface area contributed by atoms with Gasteiger partial charge in [-0.25, -0.2) is 0 Å². The first-order valence-electron chi connectivity index (χ1n) is 8.88. The summed E-state index contributed by atoms with van der Waals surface area (Å²) in [4.78, 5) is 6.78. The van der Waals surface area contributed by atoms with Crippen LogP contribution < -0.4 is 14.8 Å². The van der Waals surface area contributed by atoms with E-state index in [0.29, 0.717) is 12.7 Å². The zero-order valence-electron chi connectivity index (χ0n) is 16.1. The maximum absolute atomic E-state index is 5.51. The minimum Gasteiger partial charge on any atom is -0.454 e. The summed E-state index contributed by atoms with van der Waals surface area (Å²) in [5.41, 5.74) is 1.17. The Morgan fingerprint density at radius 3 is 2.85 bits per heavy atom. The van der Waals surface area contributed by atoms with Crippen LogP contribution in [0.2, 0.25) is 0 Å². The molecule has 0 bridgehead atoms. The van der Waals surface area contributed by atoms with Gasteiger partial charge in [-0.3, -0.25) is 4.99 Å². The van der Waals surface area contributed by atoms with E-state index in [4.69, 9.17) is 14.2 Å². The van der Waals surface area contributed by atoms with Crippen LogP contribution in [0.4, 0.5) is 0 Å². The first-order chi connectivity index (χ1) is 12.0. The summed E-state index contributed by atoms with van der Waals surface area (Å²) in [6, 6.07) is 6.18. The van der Waals surface area contributed by atoms with Gasteiger partial charge in [0, 0.05) is 45.1 Å². The molecule has 1 unspecified atom stereocenters. The van der Waals surface area contributed by atoms with Crippen molar-refractivity contribution in [1.29, 1.82) is 0 Å². The number of benzene rings is 1. The maximum Gasteiger partial charge on any atom is 0.231 e. The van der Waals surface area contributed by atoms with Crippen LogP contribution in [-0.2, 0) is 10.2 Å². The summed E-state index contributed by atoms with van der Waals surface area (Å²) in [6.45, 7) is 8.39. The molecule has 6 nitrogen and oxygen atoms in total. The number of hydrogen-bond donors (Lipinski definition) is 1. The van der Waals surface area contributed by atoms with Crippen LogP contribution >= 0.6 is 24.0 Å². The number of methoxy groups -OCH3 is 1. The van der Waals surface area contributed by atoms with Crippen LogP contribution in [0.5, 0.6) is 11.5 Å². The van der Waals surface area contributed by atoms with Crippen LogP contribution in [-0.4, -0.2) is 58.1 Å². The summed E-state index contributed by atoms with van der Waals surface area (Å²) < 4.78 is 16.2. The second-order valence-electron chi connectivity index (χ2n) is 7.41. The molecule has 1 aromatic rings. The second kappa shape index (κ2) is 9.12. The van der Waals surface area contributed by atoms with Crippen molar-refractivity contribution in [2.75, 3.05) is 47.2 Å². The number of ether oxygens (including phenoxy) is 3. The SMILES string of the molecule is CN=C(NCC(C)(C)c1ccc2c(c1)OCO2)N1CCC(COC)C1.I. The Labute approximate surface area is 173 Å². The van der Waals surface area contributed by atoms with Crippen molar-refractivity contribution >= 4 is 29.9 Å². The van der Waals surface area contributed by atoms with Crippen LogP contribution in [0.3, 0.4) is 0 Å². The van der Waals surface area contributed by atoms with Crippen molar-refractivity contribution in [2.45, 2.75) is 25.7 Å². The fourth-order valence-corrected chi connectivity index (χ4v) is 3.45. The van der Waals surface area contributed by atoms with E-state index in [1.165, 1.54) is 5.56 Å². The summed E-state index contributed by atoms with van der Waals surface area (Å²) in [5.74, 6) is 3.21. The van der Waals surface area contributed by atoms with Gasteiger partial charge in [0.05, 0.1) is 6.61 Å². The third-order valence-electron chi connectivity index (χ3n) is 5.04. The lowest BCUT2D eigenvalue weighted by Gasteiger charge is -2.29. The highest BCUT2D eigenvalue weighted by Gasteiger charge is 2.28. The van der Waals surface area contributed by atoms with E-state index in [1.54, 1.807) is 7.11 Å². The number of guanidine groups is 1. The van der Waals surface area contributed by atoms with Crippen molar-refractivity contribution in [3.8, 4) is 11.5 Å². The first kappa shape index (κ1) is 21.1. The smallest absolute Gasteiger partial charge is 0.231 e. The Balaban J connectivity index is 0.00000243. The average Bonchev–Trinajstić information content (AvgIpc) is 3.24. The molecule has 1 fully saturated rings. The minimum atomic E-state index is -0.0530. The van der Waals surface area contributed by atoms with Gasteiger partial charge in [-0.15, -0.1) is 24.0 Å². The lowest BCUT2D eigenvalue weighted by molar-refractivity contribution is 0.157. The van der Waals surface area contributed by atoms with Crippen molar-refractivity contribution in [2.24, 2.45) is 10.9 Å². The minimum absolute atomic E-state index is 0. The highest BCUT2D eigenvalue weighted by molar-refractivity contribution is 14.0. The van der Waals surface area contributed by atoms with Gasteiger partial charge in [-0.2, -0.15) is 0 Å². The zero-order valence-corrected chi connectivity index (χ0v) is 18.4. The summed E-state index contributed by atoms with van der Waals surface area (Å²) >= 11 is 0. The molecule has 26 heavy (non-hydrogen) atoms. The average molecular weight is 475 g/mol. The molecule has 1 saturated heterocycles. The Bertz CT molecular complexity index is 636. The fraction of sp³-hybridized carbons (Fsp3) is 0.632. The molecule has 2 aliphatic heterocycles. The second-order valence-corrected chi connectivity index (χ2v) is 7.41. The molecule has 0 aliphatic carbocycles. The maximum atomic E-state index is 5.51. The number of nitrogens with one attached hydrogen (secondary N) is 1. The predicted octanol–water partition coefficient (Wildman–Crippen LogP) is 2.85. The molecule has 0 spiro atoms. The van der Waals surface area contributed by atoms with E-state index in [2.05, 4.69) is 41.2 Å². The van der Waals surface area contributed by atoms with Gasteiger partial charge in [-0.1, -0.05) is 19.9 Å². The number of fused-ring (bicyclic) bond motifs is 1. The lowest BCUT2D eigenvalue weighted by Crippen LogP contribution is -2.45. The van der Waals surface area contributed by atoms with E-state index in [0.717, 1.165) is 50.1 Å².